The van der Waals surface area contributed by atoms with Gasteiger partial charge in [-0.1, -0.05) is 42.5 Å². The van der Waals surface area contributed by atoms with E-state index >= 15 is 0 Å². The Labute approximate surface area is 167 Å². The first kappa shape index (κ1) is 18.3. The number of benzene rings is 2. The molecular formula is C21H22N2O2S2. The highest BCUT2D eigenvalue weighted by molar-refractivity contribution is 7.99. The summed E-state index contributed by atoms with van der Waals surface area (Å²) in [5.74, 6) is 1.09. The summed E-state index contributed by atoms with van der Waals surface area (Å²) in [6, 6.07) is 16.0. The number of ether oxygens (including phenoxy) is 1. The van der Waals surface area contributed by atoms with E-state index in [0.717, 1.165) is 57.6 Å². The fraction of sp³-hybridized carbons (Fsp3) is 0.333. The number of likely N-dealkylation sites (tertiary alicyclic amines) is 1. The number of para-hydroxylation sites is 1. The molecular weight excluding hydrogens is 376 g/mol. The topological polar surface area (TPSA) is 42.4 Å². The molecule has 1 fully saturated rings. The van der Waals surface area contributed by atoms with Gasteiger partial charge in [0.05, 0.1) is 15.8 Å². The SMILES string of the molecule is CCSc1ccccc1C(=O)N1CCC(Oc2nc3ccccc3s2)CC1. The molecule has 1 aromatic heterocycles. The molecule has 27 heavy (non-hydrogen) atoms. The van der Waals surface area contributed by atoms with Gasteiger partial charge in [0.15, 0.2) is 0 Å². The van der Waals surface area contributed by atoms with E-state index in [2.05, 4.69) is 18.0 Å². The van der Waals surface area contributed by atoms with Gasteiger partial charge in [0.1, 0.15) is 6.10 Å². The zero-order chi connectivity index (χ0) is 18.6. The molecule has 2 heterocycles. The van der Waals surface area contributed by atoms with Gasteiger partial charge in [0.25, 0.3) is 11.1 Å². The summed E-state index contributed by atoms with van der Waals surface area (Å²) in [5, 5.41) is 0.727. The van der Waals surface area contributed by atoms with Crippen LogP contribution in [-0.2, 0) is 0 Å². The number of rotatable bonds is 5. The summed E-state index contributed by atoms with van der Waals surface area (Å²) in [7, 11) is 0. The van der Waals surface area contributed by atoms with E-state index < -0.39 is 0 Å². The molecule has 0 spiro atoms. The van der Waals surface area contributed by atoms with Crippen molar-refractivity contribution in [2.75, 3.05) is 18.8 Å². The standard InChI is InChI=1S/C21H22N2O2S2/c1-2-26-18-9-5-3-7-16(18)20(24)23-13-11-15(12-14-23)25-21-22-17-8-4-6-10-19(17)27-21/h3-10,15H,2,11-14H2,1H3. The zero-order valence-electron chi connectivity index (χ0n) is 15.3. The number of fused-ring (bicyclic) bond motifs is 1. The molecule has 0 aliphatic carbocycles. The summed E-state index contributed by atoms with van der Waals surface area (Å²) in [6.07, 6.45) is 1.80. The minimum Gasteiger partial charge on any atom is -0.467 e. The molecule has 1 aliphatic heterocycles. The number of aromatic nitrogens is 1. The molecule has 4 nitrogen and oxygen atoms in total. The third-order valence-corrected chi connectivity index (χ3v) is 6.57. The molecule has 0 N–H and O–H groups in total. The third-order valence-electron chi connectivity index (χ3n) is 4.69. The van der Waals surface area contributed by atoms with E-state index in [-0.39, 0.29) is 12.0 Å². The van der Waals surface area contributed by atoms with Gasteiger partial charge in [-0.2, -0.15) is 0 Å². The number of nitrogens with zero attached hydrogens (tertiary/aromatic N) is 2. The van der Waals surface area contributed by atoms with Crippen molar-refractivity contribution >= 4 is 39.2 Å². The number of hydrogen-bond donors (Lipinski definition) is 0. The molecule has 140 valence electrons. The minimum absolute atomic E-state index is 0.120. The predicted octanol–water partition coefficient (Wildman–Crippen LogP) is 5.09. The van der Waals surface area contributed by atoms with Crippen LogP contribution >= 0.6 is 23.1 Å². The average Bonchev–Trinajstić information content (AvgIpc) is 3.11. The van der Waals surface area contributed by atoms with Crippen molar-refractivity contribution in [3.05, 3.63) is 54.1 Å². The lowest BCUT2D eigenvalue weighted by Crippen LogP contribution is -2.41. The first-order valence-corrected chi connectivity index (χ1v) is 11.1. The second-order valence-electron chi connectivity index (χ2n) is 6.49. The number of thiazole rings is 1. The van der Waals surface area contributed by atoms with Crippen molar-refractivity contribution in [2.24, 2.45) is 0 Å². The summed E-state index contributed by atoms with van der Waals surface area (Å²) in [5.41, 5.74) is 1.80. The first-order valence-electron chi connectivity index (χ1n) is 9.28. The van der Waals surface area contributed by atoms with Crippen LogP contribution in [0.15, 0.2) is 53.4 Å². The van der Waals surface area contributed by atoms with Crippen molar-refractivity contribution in [3.8, 4) is 5.19 Å². The van der Waals surface area contributed by atoms with Crippen LogP contribution in [-0.4, -0.2) is 40.7 Å². The molecule has 0 bridgehead atoms. The van der Waals surface area contributed by atoms with Gasteiger partial charge >= 0.3 is 0 Å². The fourth-order valence-corrected chi connectivity index (χ4v) is 4.99. The van der Waals surface area contributed by atoms with Crippen LogP contribution in [0.5, 0.6) is 5.19 Å². The summed E-state index contributed by atoms with van der Waals surface area (Å²) >= 11 is 3.31. The van der Waals surface area contributed by atoms with Crippen molar-refractivity contribution in [3.63, 3.8) is 0 Å². The maximum absolute atomic E-state index is 12.9. The average molecular weight is 399 g/mol. The normalized spacial score (nSPS) is 15.2. The fourth-order valence-electron chi connectivity index (χ4n) is 3.32. The molecule has 1 aliphatic rings. The Morgan fingerprint density at radius 2 is 1.93 bits per heavy atom. The highest BCUT2D eigenvalue weighted by atomic mass is 32.2. The van der Waals surface area contributed by atoms with Crippen LogP contribution in [0.4, 0.5) is 0 Å². The molecule has 6 heteroatoms. The monoisotopic (exact) mass is 398 g/mol. The number of carbonyl (C=O) groups excluding carboxylic acids is 1. The molecule has 0 radical (unpaired) electrons. The minimum atomic E-state index is 0.120. The molecule has 0 saturated carbocycles. The van der Waals surface area contributed by atoms with Gasteiger partial charge < -0.3 is 9.64 Å². The Kier molecular flexibility index (Phi) is 5.64. The van der Waals surface area contributed by atoms with Gasteiger partial charge in [0.2, 0.25) is 0 Å². The Bertz CT molecular complexity index is 900. The van der Waals surface area contributed by atoms with Gasteiger partial charge in [-0.25, -0.2) is 4.98 Å². The highest BCUT2D eigenvalue weighted by Crippen LogP contribution is 2.30. The summed E-state index contributed by atoms with van der Waals surface area (Å²) < 4.78 is 7.25. The van der Waals surface area contributed by atoms with E-state index in [9.17, 15) is 4.79 Å². The molecule has 3 aromatic rings. The van der Waals surface area contributed by atoms with E-state index in [0.29, 0.717) is 0 Å². The number of thioether (sulfide) groups is 1. The molecule has 0 unspecified atom stereocenters. The highest BCUT2D eigenvalue weighted by Gasteiger charge is 2.26. The molecule has 1 saturated heterocycles. The first-order chi connectivity index (χ1) is 13.2. The van der Waals surface area contributed by atoms with Crippen LogP contribution in [0, 0.1) is 0 Å². The number of hydrogen-bond acceptors (Lipinski definition) is 5. The van der Waals surface area contributed by atoms with Crippen LogP contribution in [0.1, 0.15) is 30.1 Å². The second-order valence-corrected chi connectivity index (χ2v) is 8.79. The lowest BCUT2D eigenvalue weighted by atomic mass is 10.1. The number of piperidine rings is 1. The van der Waals surface area contributed by atoms with Crippen LogP contribution in [0.2, 0.25) is 0 Å². The maximum atomic E-state index is 12.9. The van der Waals surface area contributed by atoms with Crippen LogP contribution < -0.4 is 4.74 Å². The Hall–Kier alpha value is -2.05. The van der Waals surface area contributed by atoms with Crippen molar-refractivity contribution in [1.29, 1.82) is 0 Å². The van der Waals surface area contributed by atoms with Crippen molar-refractivity contribution < 1.29 is 9.53 Å². The molecule has 4 rings (SSSR count). The Morgan fingerprint density at radius 3 is 2.70 bits per heavy atom. The van der Waals surface area contributed by atoms with Gasteiger partial charge in [-0.15, -0.1) is 11.8 Å². The molecule has 2 aromatic carbocycles. The predicted molar refractivity (Wildman–Crippen MR) is 112 cm³/mol. The lowest BCUT2D eigenvalue weighted by Gasteiger charge is -2.32. The van der Waals surface area contributed by atoms with Gasteiger partial charge in [0, 0.05) is 30.8 Å². The van der Waals surface area contributed by atoms with Crippen LogP contribution in [0.25, 0.3) is 10.2 Å². The summed E-state index contributed by atoms with van der Waals surface area (Å²) in [4.78, 5) is 20.5. The van der Waals surface area contributed by atoms with E-state index in [4.69, 9.17) is 4.74 Å². The van der Waals surface area contributed by atoms with E-state index in [1.165, 1.54) is 0 Å². The lowest BCUT2D eigenvalue weighted by molar-refractivity contribution is 0.0592. The smallest absolute Gasteiger partial charge is 0.274 e. The third kappa shape index (κ3) is 4.12. The zero-order valence-corrected chi connectivity index (χ0v) is 16.9. The number of amides is 1. The molecule has 0 atom stereocenters. The van der Waals surface area contributed by atoms with Crippen LogP contribution in [0.3, 0.4) is 0 Å². The van der Waals surface area contributed by atoms with E-state index in [1.54, 1.807) is 23.1 Å². The summed E-state index contributed by atoms with van der Waals surface area (Å²) in [6.45, 7) is 3.55. The second kappa shape index (κ2) is 8.31. The molecule has 1 amide bonds. The van der Waals surface area contributed by atoms with Crippen molar-refractivity contribution in [1.82, 2.24) is 9.88 Å². The van der Waals surface area contributed by atoms with E-state index in [1.807, 2.05) is 47.4 Å². The number of carbonyl (C=O) groups is 1. The van der Waals surface area contributed by atoms with Gasteiger partial charge in [-0.3, -0.25) is 4.79 Å². The quantitative estimate of drug-likeness (QED) is 0.561. The Morgan fingerprint density at radius 1 is 1.19 bits per heavy atom. The van der Waals surface area contributed by atoms with Crippen molar-refractivity contribution in [2.45, 2.75) is 30.8 Å². The largest absolute Gasteiger partial charge is 0.467 e. The van der Waals surface area contributed by atoms with Gasteiger partial charge in [-0.05, 0) is 30.0 Å². The Balaban J connectivity index is 1.38. The maximum Gasteiger partial charge on any atom is 0.274 e.